The number of fused-ring (bicyclic) bond motifs is 2. The molecule has 0 unspecified atom stereocenters. The summed E-state index contributed by atoms with van der Waals surface area (Å²) in [5.41, 5.74) is 6.29. The Bertz CT molecular complexity index is 1500. The van der Waals surface area contributed by atoms with Crippen LogP contribution in [0.25, 0.3) is 28.1 Å². The first-order valence-corrected chi connectivity index (χ1v) is 12.2. The molecule has 5 nitrogen and oxygen atoms in total. The fraction of sp³-hybridized carbons (Fsp3) is 0.207. The Balaban J connectivity index is 1.62. The summed E-state index contributed by atoms with van der Waals surface area (Å²) in [4.78, 5) is 14.4. The van der Waals surface area contributed by atoms with Gasteiger partial charge in [-0.1, -0.05) is 31.4 Å². The van der Waals surface area contributed by atoms with E-state index in [1.807, 2.05) is 36.4 Å². The van der Waals surface area contributed by atoms with Gasteiger partial charge in [0.1, 0.15) is 5.82 Å². The lowest BCUT2D eigenvalue weighted by molar-refractivity contribution is 0.437. The summed E-state index contributed by atoms with van der Waals surface area (Å²) < 4.78 is 15.9. The van der Waals surface area contributed by atoms with E-state index >= 15 is 0 Å². The highest BCUT2D eigenvalue weighted by Gasteiger charge is 2.18. The Labute approximate surface area is 203 Å². The molecule has 2 aliphatic carbocycles. The second kappa shape index (κ2) is 9.29. The third-order valence-corrected chi connectivity index (χ3v) is 6.62. The summed E-state index contributed by atoms with van der Waals surface area (Å²) in [5.74, 6) is -0.257. The van der Waals surface area contributed by atoms with E-state index in [4.69, 9.17) is 9.98 Å². The average Bonchev–Trinajstić information content (AvgIpc) is 2.90. The van der Waals surface area contributed by atoms with Gasteiger partial charge in [-0.15, -0.1) is 0 Å². The third-order valence-electron chi connectivity index (χ3n) is 6.62. The Kier molecular flexibility index (Phi) is 5.70. The molecule has 0 atom stereocenters. The molecule has 0 radical (unpaired) electrons. The van der Waals surface area contributed by atoms with E-state index in [2.05, 4.69) is 27.0 Å². The van der Waals surface area contributed by atoms with Crippen LogP contribution in [0.15, 0.2) is 90.2 Å². The third kappa shape index (κ3) is 4.39. The topological polar surface area (TPSA) is 55.1 Å². The van der Waals surface area contributed by atoms with Crippen LogP contribution in [-0.4, -0.2) is 20.6 Å². The molecule has 1 N–H and O–H groups in total. The van der Waals surface area contributed by atoms with Gasteiger partial charge in [0.05, 0.1) is 51.4 Å². The van der Waals surface area contributed by atoms with E-state index in [1.54, 1.807) is 24.5 Å². The second-order valence-corrected chi connectivity index (χ2v) is 9.06. The van der Waals surface area contributed by atoms with Crippen LogP contribution in [0.2, 0.25) is 0 Å². The summed E-state index contributed by atoms with van der Waals surface area (Å²) >= 11 is 0. The molecular formula is C29H26FN5. The summed E-state index contributed by atoms with van der Waals surface area (Å²) in [6, 6.07) is 23.0. The molecule has 3 aliphatic rings. The Morgan fingerprint density at radius 2 is 1.74 bits per heavy atom. The summed E-state index contributed by atoms with van der Waals surface area (Å²) in [5, 5.41) is 4.42. The molecule has 1 fully saturated rings. The smallest absolute Gasteiger partial charge is 0.123 e. The molecule has 1 aromatic heterocycles. The standard InChI is InChI=1S/C29H26FN5/c30-20-12-14-23(15-13-20)35-28-11-5-4-10-24(28)34-27-17-25(33-22-9-6-16-31-19-22)26(18-29(27)35)32-21-7-2-1-3-8-21/h4-6,9-19,21,33H,1-3,7-8H2/b32-26+. The molecule has 1 saturated carbocycles. The predicted octanol–water partition coefficient (Wildman–Crippen LogP) is 6.64. The van der Waals surface area contributed by atoms with E-state index in [1.165, 1.54) is 31.4 Å². The maximum absolute atomic E-state index is 13.8. The SMILES string of the molecule is Fc1ccc(-n2c3c/c(=N\C4CCCCC4)c(Nc4cccnc4)cc-3nc3ccccc32)cc1. The Morgan fingerprint density at radius 3 is 2.54 bits per heavy atom. The van der Waals surface area contributed by atoms with Crippen molar-refractivity contribution in [1.29, 1.82) is 0 Å². The van der Waals surface area contributed by atoms with Gasteiger partial charge in [-0.2, -0.15) is 0 Å². The molecule has 6 rings (SSSR count). The lowest BCUT2D eigenvalue weighted by atomic mass is 9.96. The van der Waals surface area contributed by atoms with Crippen molar-refractivity contribution in [2.45, 2.75) is 38.1 Å². The van der Waals surface area contributed by atoms with Crippen molar-refractivity contribution in [2.24, 2.45) is 4.99 Å². The van der Waals surface area contributed by atoms with Crippen molar-refractivity contribution in [1.82, 2.24) is 14.5 Å². The number of para-hydroxylation sites is 2. The van der Waals surface area contributed by atoms with Crippen molar-refractivity contribution in [3.05, 3.63) is 96.4 Å². The van der Waals surface area contributed by atoms with E-state index in [9.17, 15) is 4.39 Å². The average molecular weight is 464 g/mol. The summed E-state index contributed by atoms with van der Waals surface area (Å²) in [6.45, 7) is 0. The minimum Gasteiger partial charge on any atom is -0.352 e. The number of halogens is 1. The van der Waals surface area contributed by atoms with Crippen molar-refractivity contribution < 1.29 is 4.39 Å². The molecule has 2 heterocycles. The first kappa shape index (κ1) is 21.5. The van der Waals surface area contributed by atoms with Crippen LogP contribution in [0.4, 0.5) is 15.8 Å². The Hall–Kier alpha value is -4.06. The largest absolute Gasteiger partial charge is 0.352 e. The molecular weight excluding hydrogens is 437 g/mol. The van der Waals surface area contributed by atoms with Crippen molar-refractivity contribution in [2.75, 3.05) is 5.32 Å². The molecule has 3 aromatic rings. The van der Waals surface area contributed by atoms with Crippen LogP contribution in [0, 0.1) is 5.82 Å². The maximum atomic E-state index is 13.8. The van der Waals surface area contributed by atoms with E-state index in [-0.39, 0.29) is 5.82 Å². The van der Waals surface area contributed by atoms with Gasteiger partial charge in [0.25, 0.3) is 0 Å². The lowest BCUT2D eigenvalue weighted by Crippen LogP contribution is -2.19. The minimum absolute atomic E-state index is 0.257. The van der Waals surface area contributed by atoms with Crippen LogP contribution in [0.5, 0.6) is 0 Å². The van der Waals surface area contributed by atoms with Gasteiger partial charge in [0.15, 0.2) is 0 Å². The van der Waals surface area contributed by atoms with Crippen LogP contribution >= 0.6 is 0 Å². The molecule has 0 amide bonds. The lowest BCUT2D eigenvalue weighted by Gasteiger charge is -2.21. The molecule has 0 spiro atoms. The number of rotatable bonds is 4. The highest BCUT2D eigenvalue weighted by atomic mass is 19.1. The predicted molar refractivity (Wildman–Crippen MR) is 138 cm³/mol. The fourth-order valence-corrected chi connectivity index (χ4v) is 4.92. The number of anilines is 2. The van der Waals surface area contributed by atoms with Crippen LogP contribution in [0.3, 0.4) is 0 Å². The van der Waals surface area contributed by atoms with E-state index in [0.29, 0.717) is 6.04 Å². The number of pyridine rings is 1. The van der Waals surface area contributed by atoms with Gasteiger partial charge < -0.3 is 9.88 Å². The Morgan fingerprint density at radius 1 is 0.914 bits per heavy atom. The first-order valence-electron chi connectivity index (χ1n) is 12.2. The number of hydrogen-bond acceptors (Lipinski definition) is 4. The molecule has 2 aromatic carbocycles. The minimum atomic E-state index is -0.257. The number of nitrogens with zero attached hydrogens (tertiary/aromatic N) is 4. The molecule has 0 saturated heterocycles. The highest BCUT2D eigenvalue weighted by molar-refractivity contribution is 5.84. The van der Waals surface area contributed by atoms with Gasteiger partial charge in [-0.3, -0.25) is 9.98 Å². The number of nitrogens with one attached hydrogen (secondary N) is 1. The molecule has 174 valence electrons. The van der Waals surface area contributed by atoms with Gasteiger partial charge in [-0.05, 0) is 73.5 Å². The highest BCUT2D eigenvalue weighted by Crippen LogP contribution is 2.31. The second-order valence-electron chi connectivity index (χ2n) is 9.06. The van der Waals surface area contributed by atoms with Gasteiger partial charge in [0.2, 0.25) is 0 Å². The van der Waals surface area contributed by atoms with Gasteiger partial charge >= 0.3 is 0 Å². The summed E-state index contributed by atoms with van der Waals surface area (Å²) in [7, 11) is 0. The molecule has 0 bridgehead atoms. The zero-order valence-corrected chi connectivity index (χ0v) is 19.4. The van der Waals surface area contributed by atoms with E-state index in [0.717, 1.165) is 57.7 Å². The molecule has 6 heteroatoms. The maximum Gasteiger partial charge on any atom is 0.123 e. The van der Waals surface area contributed by atoms with Crippen molar-refractivity contribution >= 4 is 22.4 Å². The van der Waals surface area contributed by atoms with Gasteiger partial charge in [-0.25, -0.2) is 9.37 Å². The van der Waals surface area contributed by atoms with Crippen LogP contribution in [-0.2, 0) is 0 Å². The molecule has 35 heavy (non-hydrogen) atoms. The number of aromatic nitrogens is 3. The number of benzene rings is 3. The fourth-order valence-electron chi connectivity index (χ4n) is 4.92. The van der Waals surface area contributed by atoms with Crippen LogP contribution < -0.4 is 10.7 Å². The zero-order valence-electron chi connectivity index (χ0n) is 19.4. The zero-order chi connectivity index (χ0) is 23.6. The number of hydrogen-bond donors (Lipinski definition) is 1. The summed E-state index contributed by atoms with van der Waals surface area (Å²) in [6.07, 6.45) is 9.50. The van der Waals surface area contributed by atoms with E-state index < -0.39 is 0 Å². The van der Waals surface area contributed by atoms with Crippen molar-refractivity contribution in [3.63, 3.8) is 0 Å². The first-order chi connectivity index (χ1) is 17.2. The van der Waals surface area contributed by atoms with Crippen LogP contribution in [0.1, 0.15) is 32.1 Å². The van der Waals surface area contributed by atoms with Gasteiger partial charge in [0, 0.05) is 11.9 Å². The van der Waals surface area contributed by atoms with Crippen molar-refractivity contribution in [3.8, 4) is 17.1 Å². The quantitative estimate of drug-likeness (QED) is 0.304. The monoisotopic (exact) mass is 463 g/mol. The molecule has 1 aliphatic heterocycles. The normalized spacial score (nSPS) is 15.1.